The van der Waals surface area contributed by atoms with Crippen molar-refractivity contribution >= 4 is 28.6 Å². The summed E-state index contributed by atoms with van der Waals surface area (Å²) in [5.41, 5.74) is 1.76. The fourth-order valence-corrected chi connectivity index (χ4v) is 4.92. The quantitative estimate of drug-likeness (QED) is 0.199. The lowest BCUT2D eigenvalue weighted by molar-refractivity contribution is -0.189. The van der Waals surface area contributed by atoms with Gasteiger partial charge < -0.3 is 19.6 Å². The van der Waals surface area contributed by atoms with Crippen LogP contribution < -0.4 is 15.5 Å². The summed E-state index contributed by atoms with van der Waals surface area (Å²) in [6.45, 7) is 3.66. The van der Waals surface area contributed by atoms with Gasteiger partial charge in [0.05, 0.1) is 22.4 Å². The number of benzene rings is 3. The van der Waals surface area contributed by atoms with Gasteiger partial charge in [0.2, 0.25) is 0 Å². The second-order valence-corrected chi connectivity index (χ2v) is 9.92. The SMILES string of the molecule is Cc1cc(C(C)Nc2ccccc2C(=O)O)c2oc(C3(c4cccc(OC(=O)C(F)(F)F)c4)CC3)cc(=O)c2c1. The number of nitrogens with one attached hydrogen (secondary N) is 1. The third-order valence-corrected chi connectivity index (χ3v) is 7.05. The average molecular weight is 552 g/mol. The Hall–Kier alpha value is -4.60. The fraction of sp³-hybridized carbons (Fsp3) is 0.233. The molecule has 1 aromatic heterocycles. The number of carboxylic acid groups (broad SMARTS) is 1. The van der Waals surface area contributed by atoms with Crippen molar-refractivity contribution in [1.82, 2.24) is 0 Å². The van der Waals surface area contributed by atoms with Crippen LogP contribution in [0.25, 0.3) is 11.0 Å². The number of para-hydroxylation sites is 1. The van der Waals surface area contributed by atoms with Crippen molar-refractivity contribution in [2.45, 2.75) is 44.3 Å². The normalized spacial score (nSPS) is 14.9. The van der Waals surface area contributed by atoms with E-state index in [2.05, 4.69) is 10.1 Å². The van der Waals surface area contributed by atoms with E-state index in [0.717, 1.165) is 5.56 Å². The molecule has 0 radical (unpaired) electrons. The van der Waals surface area contributed by atoms with Crippen LogP contribution in [0, 0.1) is 6.92 Å². The molecule has 0 spiro atoms. The first-order valence-corrected chi connectivity index (χ1v) is 12.5. The number of halogens is 3. The van der Waals surface area contributed by atoms with Crippen LogP contribution >= 0.6 is 0 Å². The van der Waals surface area contributed by atoms with Crippen molar-refractivity contribution in [2.24, 2.45) is 0 Å². The Labute approximate surface area is 226 Å². The zero-order valence-electron chi connectivity index (χ0n) is 21.5. The Bertz CT molecular complexity index is 1700. The molecule has 1 saturated carbocycles. The van der Waals surface area contributed by atoms with Gasteiger partial charge >= 0.3 is 18.1 Å². The highest BCUT2D eigenvalue weighted by atomic mass is 19.4. The van der Waals surface area contributed by atoms with Gasteiger partial charge in [0.25, 0.3) is 0 Å². The molecule has 7 nitrogen and oxygen atoms in total. The first-order chi connectivity index (χ1) is 18.9. The predicted octanol–water partition coefficient (Wildman–Crippen LogP) is 6.52. The summed E-state index contributed by atoms with van der Waals surface area (Å²) in [6, 6.07) is 16.7. The van der Waals surface area contributed by atoms with Gasteiger partial charge in [-0.1, -0.05) is 30.3 Å². The Balaban J connectivity index is 1.56. The van der Waals surface area contributed by atoms with Crippen LogP contribution in [0.2, 0.25) is 0 Å². The molecule has 4 aromatic rings. The Morgan fingerprint density at radius 1 is 1.05 bits per heavy atom. The molecular formula is C30H24F3NO6. The summed E-state index contributed by atoms with van der Waals surface area (Å²) in [5, 5.41) is 13.1. The first-order valence-electron chi connectivity index (χ1n) is 12.5. The highest BCUT2D eigenvalue weighted by molar-refractivity contribution is 5.94. The van der Waals surface area contributed by atoms with Crippen LogP contribution in [-0.2, 0) is 10.2 Å². The molecule has 0 amide bonds. The minimum Gasteiger partial charge on any atom is -0.478 e. The summed E-state index contributed by atoms with van der Waals surface area (Å²) in [7, 11) is 0. The Morgan fingerprint density at radius 3 is 2.45 bits per heavy atom. The van der Waals surface area contributed by atoms with Crippen LogP contribution in [0.15, 0.2) is 75.9 Å². The number of aromatic carboxylic acids is 1. The van der Waals surface area contributed by atoms with Gasteiger partial charge in [-0.15, -0.1) is 0 Å². The number of rotatable bonds is 7. The van der Waals surface area contributed by atoms with Crippen molar-refractivity contribution in [3.05, 3.63) is 105 Å². The number of carbonyl (C=O) groups is 2. The minimum absolute atomic E-state index is 0.0940. The monoisotopic (exact) mass is 551 g/mol. The van der Waals surface area contributed by atoms with Gasteiger partial charge in [-0.3, -0.25) is 4.79 Å². The number of hydrogen-bond acceptors (Lipinski definition) is 6. The summed E-state index contributed by atoms with van der Waals surface area (Å²) in [6.07, 6.45) is -4.00. The molecule has 1 aliphatic carbocycles. The van der Waals surface area contributed by atoms with Crippen LogP contribution in [0.4, 0.5) is 18.9 Å². The van der Waals surface area contributed by atoms with E-state index in [1.54, 1.807) is 30.3 Å². The summed E-state index contributed by atoms with van der Waals surface area (Å²) in [4.78, 5) is 36.3. The van der Waals surface area contributed by atoms with Gasteiger partial charge in [-0.2, -0.15) is 13.2 Å². The van der Waals surface area contributed by atoms with E-state index in [1.165, 1.54) is 30.3 Å². The molecule has 1 heterocycles. The molecule has 1 unspecified atom stereocenters. The van der Waals surface area contributed by atoms with Crippen molar-refractivity contribution in [3.63, 3.8) is 0 Å². The molecule has 206 valence electrons. The highest BCUT2D eigenvalue weighted by Gasteiger charge is 2.49. The molecule has 1 fully saturated rings. The molecule has 5 rings (SSSR count). The van der Waals surface area contributed by atoms with E-state index in [0.29, 0.717) is 46.4 Å². The number of esters is 1. The molecule has 0 bridgehead atoms. The molecule has 1 atom stereocenters. The van der Waals surface area contributed by atoms with E-state index in [-0.39, 0.29) is 16.7 Å². The van der Waals surface area contributed by atoms with Gasteiger partial charge in [0.1, 0.15) is 17.1 Å². The maximum absolute atomic E-state index is 13.3. The number of fused-ring (bicyclic) bond motifs is 1. The number of carbonyl (C=O) groups excluding carboxylic acids is 1. The van der Waals surface area contributed by atoms with Crippen LogP contribution in [0.5, 0.6) is 5.75 Å². The molecule has 0 saturated heterocycles. The minimum atomic E-state index is -5.14. The Morgan fingerprint density at radius 2 is 1.77 bits per heavy atom. The van der Waals surface area contributed by atoms with E-state index >= 15 is 0 Å². The van der Waals surface area contributed by atoms with Crippen molar-refractivity contribution in [3.8, 4) is 5.75 Å². The topological polar surface area (TPSA) is 106 Å². The zero-order valence-corrected chi connectivity index (χ0v) is 21.5. The van der Waals surface area contributed by atoms with Crippen molar-refractivity contribution in [1.29, 1.82) is 0 Å². The lowest BCUT2D eigenvalue weighted by atomic mass is 9.92. The van der Waals surface area contributed by atoms with Crippen LogP contribution in [0.1, 0.15) is 58.6 Å². The predicted molar refractivity (Wildman–Crippen MR) is 141 cm³/mol. The summed E-state index contributed by atoms with van der Waals surface area (Å²) >= 11 is 0. The maximum atomic E-state index is 13.3. The second kappa shape index (κ2) is 9.86. The maximum Gasteiger partial charge on any atom is 0.491 e. The molecular weight excluding hydrogens is 527 g/mol. The molecule has 2 N–H and O–H groups in total. The third-order valence-electron chi connectivity index (χ3n) is 7.05. The van der Waals surface area contributed by atoms with E-state index < -0.39 is 29.6 Å². The van der Waals surface area contributed by atoms with Crippen molar-refractivity contribution < 1.29 is 37.0 Å². The number of ether oxygens (including phenoxy) is 1. The third kappa shape index (κ3) is 5.04. The van der Waals surface area contributed by atoms with Gasteiger partial charge in [0, 0.05) is 17.3 Å². The summed E-state index contributed by atoms with van der Waals surface area (Å²) in [5.74, 6) is -3.33. The molecule has 3 aromatic carbocycles. The number of hydrogen-bond donors (Lipinski definition) is 2. The smallest absolute Gasteiger partial charge is 0.478 e. The Kier molecular flexibility index (Phi) is 6.65. The molecule has 10 heteroatoms. The average Bonchev–Trinajstić information content (AvgIpc) is 3.71. The largest absolute Gasteiger partial charge is 0.491 e. The lowest BCUT2D eigenvalue weighted by Crippen LogP contribution is -2.28. The van der Waals surface area contributed by atoms with Crippen LogP contribution in [-0.4, -0.2) is 23.2 Å². The molecule has 0 aliphatic heterocycles. The molecule has 40 heavy (non-hydrogen) atoms. The summed E-state index contributed by atoms with van der Waals surface area (Å²) < 4.78 is 49.0. The van der Waals surface area contributed by atoms with E-state index in [4.69, 9.17) is 4.42 Å². The molecule has 1 aliphatic rings. The first kappa shape index (κ1) is 27.0. The number of alkyl halides is 3. The number of carboxylic acids is 1. The van der Waals surface area contributed by atoms with Gasteiger partial charge in [-0.05, 0) is 68.1 Å². The fourth-order valence-electron chi connectivity index (χ4n) is 4.92. The zero-order chi connectivity index (χ0) is 28.8. The number of anilines is 1. The van der Waals surface area contributed by atoms with Crippen LogP contribution in [0.3, 0.4) is 0 Å². The number of aryl methyl sites for hydroxylation is 1. The standard InChI is InChI=1S/C30H24F3NO6/c1-16-12-21(17(2)34-23-9-4-3-8-20(23)27(36)37)26-22(13-16)24(35)15-25(40-26)29(10-11-29)18-6-5-7-19(14-18)39-28(38)30(31,32)33/h3-9,12-15,17,34H,10-11H2,1-2H3,(H,36,37). The highest BCUT2D eigenvalue weighted by Crippen LogP contribution is 2.54. The lowest BCUT2D eigenvalue weighted by Gasteiger charge is -2.21. The van der Waals surface area contributed by atoms with Crippen molar-refractivity contribution in [2.75, 3.05) is 5.32 Å². The second-order valence-electron chi connectivity index (χ2n) is 9.92. The van der Waals surface area contributed by atoms with Gasteiger partial charge in [0.15, 0.2) is 5.43 Å². The van der Waals surface area contributed by atoms with E-state index in [9.17, 15) is 32.7 Å². The van der Waals surface area contributed by atoms with E-state index in [1.807, 2.05) is 19.9 Å². The van der Waals surface area contributed by atoms with Gasteiger partial charge in [-0.25, -0.2) is 9.59 Å².